The van der Waals surface area contributed by atoms with E-state index in [0.717, 1.165) is 17.7 Å². The maximum Gasteiger partial charge on any atom is 0.416 e. The van der Waals surface area contributed by atoms with Crippen LogP contribution in [-0.4, -0.2) is 53.4 Å². The van der Waals surface area contributed by atoms with Crippen molar-refractivity contribution >= 4 is 17.6 Å². The number of urea groups is 1. The lowest BCUT2D eigenvalue weighted by atomic mass is 10.1. The molecule has 1 fully saturated rings. The zero-order valence-corrected chi connectivity index (χ0v) is 19.0. The first-order valence-corrected chi connectivity index (χ1v) is 10.9. The molecule has 0 saturated carbocycles. The molecule has 9 heteroatoms. The Morgan fingerprint density at radius 3 is 2.55 bits per heavy atom. The Labute approximate surface area is 191 Å². The molecule has 2 aliphatic rings. The van der Waals surface area contributed by atoms with Crippen LogP contribution in [0.3, 0.4) is 0 Å². The van der Waals surface area contributed by atoms with Gasteiger partial charge >= 0.3 is 12.2 Å². The number of rotatable bonds is 1. The van der Waals surface area contributed by atoms with Crippen LogP contribution >= 0.6 is 0 Å². The van der Waals surface area contributed by atoms with Crippen LogP contribution < -0.4 is 10.1 Å². The molecule has 2 aromatic carbocycles. The lowest BCUT2D eigenvalue weighted by Gasteiger charge is -2.41. The predicted octanol–water partition coefficient (Wildman–Crippen LogP) is 5.32. The van der Waals surface area contributed by atoms with Crippen LogP contribution in [0.1, 0.15) is 37.5 Å². The molecule has 0 radical (unpaired) electrons. The van der Waals surface area contributed by atoms with Crippen molar-refractivity contribution in [3.63, 3.8) is 0 Å². The molecule has 33 heavy (non-hydrogen) atoms. The van der Waals surface area contributed by atoms with E-state index in [9.17, 15) is 18.0 Å². The first kappa shape index (κ1) is 22.9. The van der Waals surface area contributed by atoms with Gasteiger partial charge in [-0.15, -0.1) is 0 Å². The topological polar surface area (TPSA) is 57.2 Å². The van der Waals surface area contributed by atoms with Crippen molar-refractivity contribution in [2.24, 2.45) is 4.99 Å². The standard InChI is InChI=1S/C24H27F3N4O2/c1-14(2)28-23(32)31-10-9-30(13-16(31)4)22-18-11-15(3)5-7-20(18)33-21-8-6-17(24(25,26)27)12-19(21)29-22/h5-8,11-12,14,16H,9-10,13H2,1-4H3,(H,28,32). The third-order valence-corrected chi connectivity index (χ3v) is 5.71. The van der Waals surface area contributed by atoms with Gasteiger partial charge in [0.2, 0.25) is 0 Å². The normalized spacial score (nSPS) is 18.2. The average Bonchev–Trinajstić information content (AvgIpc) is 2.88. The minimum absolute atomic E-state index is 0.0280. The molecular formula is C24H27F3N4O2. The number of aliphatic imine (C=N–C) groups is 1. The molecule has 6 nitrogen and oxygen atoms in total. The van der Waals surface area contributed by atoms with Gasteiger partial charge < -0.3 is 19.9 Å². The number of nitrogens with zero attached hydrogens (tertiary/aromatic N) is 3. The number of hydrogen-bond donors (Lipinski definition) is 1. The Balaban J connectivity index is 1.72. The summed E-state index contributed by atoms with van der Waals surface area (Å²) in [4.78, 5) is 21.0. The first-order chi connectivity index (χ1) is 15.5. The van der Waals surface area contributed by atoms with Crippen molar-refractivity contribution in [2.45, 2.75) is 46.0 Å². The fraction of sp³-hybridized carbons (Fsp3) is 0.417. The number of ether oxygens (including phenoxy) is 1. The van der Waals surface area contributed by atoms with Crippen molar-refractivity contribution in [2.75, 3.05) is 19.6 Å². The Kier molecular flexibility index (Phi) is 5.99. The third kappa shape index (κ3) is 4.77. The molecule has 4 rings (SSSR count). The minimum atomic E-state index is -4.48. The summed E-state index contributed by atoms with van der Waals surface area (Å²) in [6.07, 6.45) is -4.48. The summed E-state index contributed by atoms with van der Waals surface area (Å²) in [6.45, 7) is 9.16. The lowest BCUT2D eigenvalue weighted by molar-refractivity contribution is -0.137. The van der Waals surface area contributed by atoms with Crippen LogP contribution in [0.5, 0.6) is 11.5 Å². The summed E-state index contributed by atoms with van der Waals surface area (Å²) in [5.41, 5.74) is 1.04. The minimum Gasteiger partial charge on any atom is -0.454 e. The Hall–Kier alpha value is -3.23. The Bertz CT molecular complexity index is 1100. The predicted molar refractivity (Wildman–Crippen MR) is 120 cm³/mol. The van der Waals surface area contributed by atoms with Gasteiger partial charge in [-0.1, -0.05) is 11.6 Å². The monoisotopic (exact) mass is 460 g/mol. The summed E-state index contributed by atoms with van der Waals surface area (Å²) in [6, 6.07) is 8.74. The highest BCUT2D eigenvalue weighted by molar-refractivity contribution is 6.04. The molecule has 2 aromatic rings. The molecule has 0 aliphatic carbocycles. The van der Waals surface area contributed by atoms with Gasteiger partial charge in [0.1, 0.15) is 17.3 Å². The van der Waals surface area contributed by atoms with Gasteiger partial charge in [-0.2, -0.15) is 13.2 Å². The largest absolute Gasteiger partial charge is 0.454 e. The molecule has 0 aromatic heterocycles. The number of hydrogen-bond acceptors (Lipinski definition) is 4. The number of amides is 2. The van der Waals surface area contributed by atoms with E-state index in [1.165, 1.54) is 6.07 Å². The van der Waals surface area contributed by atoms with E-state index in [4.69, 9.17) is 4.74 Å². The number of nitrogens with one attached hydrogen (secondary N) is 1. The second kappa shape index (κ2) is 8.61. The third-order valence-electron chi connectivity index (χ3n) is 5.71. The summed E-state index contributed by atoms with van der Waals surface area (Å²) < 4.78 is 46.0. The molecule has 1 saturated heterocycles. The highest BCUT2D eigenvalue weighted by atomic mass is 19.4. The Morgan fingerprint density at radius 2 is 1.88 bits per heavy atom. The molecular weight excluding hydrogens is 433 g/mol. The zero-order chi connectivity index (χ0) is 23.9. The summed E-state index contributed by atoms with van der Waals surface area (Å²) in [5, 5.41) is 2.92. The van der Waals surface area contributed by atoms with E-state index in [-0.39, 0.29) is 29.6 Å². The number of carbonyl (C=O) groups excluding carboxylic acids is 1. The maximum atomic E-state index is 13.3. The van der Waals surface area contributed by atoms with Crippen molar-refractivity contribution in [3.8, 4) is 11.5 Å². The number of fused-ring (bicyclic) bond motifs is 2. The van der Waals surface area contributed by atoms with Gasteiger partial charge in [0, 0.05) is 31.7 Å². The Morgan fingerprint density at radius 1 is 1.15 bits per heavy atom. The molecule has 0 spiro atoms. The number of alkyl halides is 3. The molecule has 1 N–H and O–H groups in total. The molecule has 2 amide bonds. The second-order valence-corrected chi connectivity index (χ2v) is 8.81. The quantitative estimate of drug-likeness (QED) is 0.627. The van der Waals surface area contributed by atoms with Crippen LogP contribution in [-0.2, 0) is 6.18 Å². The molecule has 1 atom stereocenters. The van der Waals surface area contributed by atoms with E-state index < -0.39 is 11.7 Å². The van der Waals surface area contributed by atoms with Crippen LogP contribution in [0.2, 0.25) is 0 Å². The molecule has 2 heterocycles. The summed E-state index contributed by atoms with van der Waals surface area (Å²) in [5.74, 6) is 1.35. The van der Waals surface area contributed by atoms with E-state index in [1.807, 2.05) is 50.8 Å². The molecule has 176 valence electrons. The van der Waals surface area contributed by atoms with Gasteiger partial charge in [0.15, 0.2) is 5.75 Å². The van der Waals surface area contributed by atoms with E-state index in [0.29, 0.717) is 36.8 Å². The fourth-order valence-electron chi connectivity index (χ4n) is 4.09. The van der Waals surface area contributed by atoms with Crippen LogP contribution in [0, 0.1) is 6.92 Å². The molecule has 1 unspecified atom stereocenters. The maximum absolute atomic E-state index is 13.3. The summed E-state index contributed by atoms with van der Waals surface area (Å²) in [7, 11) is 0. The van der Waals surface area contributed by atoms with Crippen molar-refractivity contribution < 1.29 is 22.7 Å². The number of halogens is 3. The lowest BCUT2D eigenvalue weighted by Crippen LogP contribution is -2.58. The van der Waals surface area contributed by atoms with Crippen molar-refractivity contribution in [1.29, 1.82) is 0 Å². The SMILES string of the molecule is Cc1ccc2c(c1)C(N1CCN(C(=O)NC(C)C)C(C)C1)=Nc1cc(C(F)(F)F)ccc1O2. The van der Waals surface area contributed by atoms with Gasteiger partial charge in [-0.05, 0) is 58.0 Å². The van der Waals surface area contributed by atoms with Gasteiger partial charge in [0.25, 0.3) is 0 Å². The number of piperazine rings is 1. The molecule has 0 bridgehead atoms. The fourth-order valence-corrected chi connectivity index (χ4v) is 4.09. The van der Waals surface area contributed by atoms with E-state index in [2.05, 4.69) is 10.3 Å². The number of aryl methyl sites for hydroxylation is 1. The van der Waals surface area contributed by atoms with Gasteiger partial charge in [-0.3, -0.25) is 0 Å². The van der Waals surface area contributed by atoms with E-state index >= 15 is 0 Å². The molecule has 2 aliphatic heterocycles. The zero-order valence-electron chi connectivity index (χ0n) is 19.0. The van der Waals surface area contributed by atoms with Gasteiger partial charge in [-0.25, -0.2) is 9.79 Å². The van der Waals surface area contributed by atoms with Gasteiger partial charge in [0.05, 0.1) is 11.1 Å². The first-order valence-electron chi connectivity index (χ1n) is 10.9. The van der Waals surface area contributed by atoms with Crippen molar-refractivity contribution in [1.82, 2.24) is 15.1 Å². The summed E-state index contributed by atoms with van der Waals surface area (Å²) >= 11 is 0. The highest BCUT2D eigenvalue weighted by Crippen LogP contribution is 2.42. The van der Waals surface area contributed by atoms with Crippen LogP contribution in [0.15, 0.2) is 41.4 Å². The van der Waals surface area contributed by atoms with E-state index in [1.54, 1.807) is 4.90 Å². The average molecular weight is 461 g/mol. The van der Waals surface area contributed by atoms with Crippen molar-refractivity contribution in [3.05, 3.63) is 53.1 Å². The smallest absolute Gasteiger partial charge is 0.416 e. The number of benzene rings is 2. The van der Waals surface area contributed by atoms with Crippen LogP contribution in [0.4, 0.5) is 23.7 Å². The van der Waals surface area contributed by atoms with Crippen LogP contribution in [0.25, 0.3) is 0 Å². The highest BCUT2D eigenvalue weighted by Gasteiger charge is 2.34. The number of amidine groups is 1. The number of carbonyl (C=O) groups is 1. The second-order valence-electron chi connectivity index (χ2n) is 8.81.